The van der Waals surface area contributed by atoms with E-state index in [1.165, 1.54) is 0 Å². The molecule has 5 rings (SSSR count). The number of nitrogens with zero attached hydrogens (tertiary/aromatic N) is 6. The Kier molecular flexibility index (Phi) is 16.3. The van der Waals surface area contributed by atoms with E-state index < -0.39 is 15.8 Å². The lowest BCUT2D eigenvalue weighted by Gasteiger charge is -2.53. The van der Waals surface area contributed by atoms with E-state index in [1.807, 2.05) is 146 Å². The highest BCUT2D eigenvalue weighted by atomic mass is 32.9. The molecule has 0 bridgehead atoms. The lowest BCUT2D eigenvalue weighted by molar-refractivity contribution is -0.686. The summed E-state index contributed by atoms with van der Waals surface area (Å²) < 4.78 is 12.2. The number of hydrogen-bond acceptors (Lipinski definition) is 3. The second-order valence-electron chi connectivity index (χ2n) is 9.55. The summed E-state index contributed by atoms with van der Waals surface area (Å²) in [6.45, 7) is 13.6. The van der Waals surface area contributed by atoms with Gasteiger partial charge in [0.2, 0.25) is 19.0 Å². The van der Waals surface area contributed by atoms with Crippen LogP contribution in [0.5, 0.6) is 0 Å². The van der Waals surface area contributed by atoms with Crippen molar-refractivity contribution < 1.29 is 23.5 Å². The summed E-state index contributed by atoms with van der Waals surface area (Å²) in [5, 5.41) is 0. The lowest BCUT2D eigenvalue weighted by Crippen LogP contribution is -2.29. The van der Waals surface area contributed by atoms with E-state index in [1.54, 1.807) is 24.3 Å². The number of hydrogen-bond donors (Lipinski definition) is 0. The van der Waals surface area contributed by atoms with E-state index in [-0.39, 0.29) is 0 Å². The first-order chi connectivity index (χ1) is 21.1. The Morgan fingerprint density at radius 2 is 0.932 bits per heavy atom. The number of imidazole rings is 3. The van der Waals surface area contributed by atoms with Crippen molar-refractivity contribution in [1.82, 2.24) is 13.7 Å². The molecular weight excluding hydrogens is 608 g/mol. The van der Waals surface area contributed by atoms with Gasteiger partial charge in [0.1, 0.15) is 56.8 Å². The Balaban J connectivity index is 0.000000216. The highest BCUT2D eigenvalue weighted by molar-refractivity contribution is 8.57. The minimum absolute atomic E-state index is 0.743. The third-order valence-corrected chi connectivity index (χ3v) is 11.5. The Labute approximate surface area is 269 Å². The molecule has 5 aromatic rings. The number of aromatic nitrogens is 6. The SMILES string of the molecule is C=CC[n+]1ccn(C)c1.C=CC[n+]1ccn(C)c1.C=CC[n+]1ccn(C)c1.[O-]P([O-])([S-])=S(c1ccccc1)c1ccccc1. The third kappa shape index (κ3) is 13.8. The Morgan fingerprint density at radius 1 is 0.636 bits per heavy atom. The van der Waals surface area contributed by atoms with Crippen molar-refractivity contribution in [2.45, 2.75) is 29.4 Å². The summed E-state index contributed by atoms with van der Waals surface area (Å²) in [6, 6.07) is 18.2. The second kappa shape index (κ2) is 19.6. The lowest BCUT2D eigenvalue weighted by atomic mass is 10.4. The number of allylic oxidation sites excluding steroid dienone is 3. The van der Waals surface area contributed by atoms with Crippen molar-refractivity contribution in [2.75, 3.05) is 0 Å². The molecule has 0 saturated carbocycles. The van der Waals surface area contributed by atoms with Crippen LogP contribution >= 0.6 is 5.69 Å². The Hall–Kier alpha value is -3.66. The zero-order valence-corrected chi connectivity index (χ0v) is 28.2. The molecule has 2 aromatic carbocycles. The van der Waals surface area contributed by atoms with Crippen LogP contribution in [-0.4, -0.2) is 13.7 Å². The second-order valence-corrected chi connectivity index (χ2v) is 16.6. The molecule has 0 aliphatic carbocycles. The van der Waals surface area contributed by atoms with Crippen LogP contribution in [-0.2, 0) is 63.1 Å². The molecule has 0 saturated heterocycles. The molecule has 0 atom stereocenters. The van der Waals surface area contributed by atoms with Crippen LogP contribution in [0.4, 0.5) is 0 Å². The van der Waals surface area contributed by atoms with E-state index in [0.717, 1.165) is 29.4 Å². The van der Waals surface area contributed by atoms with Gasteiger partial charge in [0.05, 0.1) is 21.1 Å². The van der Waals surface area contributed by atoms with Gasteiger partial charge in [-0.1, -0.05) is 74.4 Å². The fourth-order valence-electron chi connectivity index (χ4n) is 3.77. The highest BCUT2D eigenvalue weighted by Crippen LogP contribution is 2.37. The van der Waals surface area contributed by atoms with E-state index in [0.29, 0.717) is 0 Å². The minimum atomic E-state index is -3.86. The van der Waals surface area contributed by atoms with Gasteiger partial charge in [0.25, 0.3) is 0 Å². The van der Waals surface area contributed by atoms with Crippen LogP contribution < -0.4 is 23.5 Å². The molecule has 0 aliphatic rings. The first-order valence-corrected chi connectivity index (χ1v) is 18.3. The number of benzene rings is 2. The molecule has 0 radical (unpaired) electrons. The van der Waals surface area contributed by atoms with Crippen molar-refractivity contribution in [1.29, 1.82) is 0 Å². The molecule has 0 aliphatic heterocycles. The highest BCUT2D eigenvalue weighted by Gasteiger charge is 2.00. The van der Waals surface area contributed by atoms with Crippen LogP contribution in [0.2, 0.25) is 0 Å². The predicted octanol–water partition coefficient (Wildman–Crippen LogP) is 3.16. The zero-order valence-electron chi connectivity index (χ0n) is 25.7. The van der Waals surface area contributed by atoms with Gasteiger partial charge in [-0.25, -0.2) is 27.4 Å². The average Bonchev–Trinajstić information content (AvgIpc) is 3.72. The van der Waals surface area contributed by atoms with Crippen molar-refractivity contribution >= 4 is 28.0 Å². The quantitative estimate of drug-likeness (QED) is 0.112. The summed E-state index contributed by atoms with van der Waals surface area (Å²) in [5.41, 5.74) is -3.86. The van der Waals surface area contributed by atoms with Gasteiger partial charge in [-0.15, -0.1) is 0 Å². The van der Waals surface area contributed by atoms with E-state index >= 15 is 0 Å². The average molecular weight is 651 g/mol. The topological polar surface area (TPSA) is 72.5 Å². The number of rotatable bonds is 8. The summed E-state index contributed by atoms with van der Waals surface area (Å²) in [4.78, 5) is 25.1. The smallest absolute Gasteiger partial charge is 0.243 e. The molecule has 0 spiro atoms. The van der Waals surface area contributed by atoms with Gasteiger partial charge in [0.15, 0.2) is 0 Å². The first-order valence-electron chi connectivity index (χ1n) is 13.8. The minimum Gasteiger partial charge on any atom is -0.853 e. The summed E-state index contributed by atoms with van der Waals surface area (Å²) in [6.07, 6.45) is 23.7. The van der Waals surface area contributed by atoms with Crippen molar-refractivity contribution in [2.24, 2.45) is 21.1 Å². The molecule has 3 heterocycles. The molecule has 11 heteroatoms. The standard InChI is InChI=1S/C12H10O2PS2.3C7H11N2/c13-15(14,16)17(11-7-3-1-4-8-11)12-9-5-2-6-10-12;3*1-3-4-9-6-5-8(2)7-9/h1-10H;3*3,5-7H,1,4H2,2H3/q-3;3*+1. The zero-order chi connectivity index (χ0) is 32.4. The van der Waals surface area contributed by atoms with Gasteiger partial charge >= 0.3 is 0 Å². The van der Waals surface area contributed by atoms with Crippen LogP contribution in [0.15, 0.2) is 165 Å². The predicted molar refractivity (Wildman–Crippen MR) is 178 cm³/mol. The summed E-state index contributed by atoms with van der Waals surface area (Å²) in [7, 11) is 4.95. The van der Waals surface area contributed by atoms with Gasteiger partial charge in [-0.3, -0.25) is 0 Å². The maximum atomic E-state index is 11.8. The van der Waals surface area contributed by atoms with Crippen LogP contribution in [0.25, 0.3) is 0 Å². The van der Waals surface area contributed by atoms with Gasteiger partial charge in [-0.05, 0) is 24.3 Å². The van der Waals surface area contributed by atoms with Crippen molar-refractivity contribution in [3.8, 4) is 0 Å². The molecule has 234 valence electrons. The van der Waals surface area contributed by atoms with Crippen LogP contribution in [0.1, 0.15) is 0 Å². The summed E-state index contributed by atoms with van der Waals surface area (Å²) in [5.74, 6) is 0. The third-order valence-electron chi connectivity index (χ3n) is 5.65. The molecule has 0 N–H and O–H groups in total. The molecule has 8 nitrogen and oxygen atoms in total. The Morgan fingerprint density at radius 3 is 1.14 bits per heavy atom. The van der Waals surface area contributed by atoms with E-state index in [2.05, 4.69) is 45.7 Å². The number of aryl methyl sites for hydroxylation is 3. The fourth-order valence-corrected chi connectivity index (χ4v) is 9.22. The molecule has 0 fully saturated rings. The Bertz CT molecular complexity index is 1460. The van der Waals surface area contributed by atoms with Crippen LogP contribution in [0.3, 0.4) is 0 Å². The first kappa shape index (κ1) is 36.5. The molecule has 44 heavy (non-hydrogen) atoms. The van der Waals surface area contributed by atoms with E-state index in [9.17, 15) is 9.79 Å². The van der Waals surface area contributed by atoms with Gasteiger partial charge in [0, 0.05) is 9.79 Å². The monoisotopic (exact) mass is 650 g/mol. The fraction of sp³-hybridized carbons (Fsp3) is 0.182. The molecule has 0 unspecified atom stereocenters. The maximum absolute atomic E-state index is 11.8. The van der Waals surface area contributed by atoms with Crippen molar-refractivity contribution in [3.05, 3.63) is 155 Å². The largest absolute Gasteiger partial charge is 0.853 e. The normalized spacial score (nSPS) is 10.3. The molecular formula is C33H43N6O2PS2. The molecule has 3 aromatic heterocycles. The van der Waals surface area contributed by atoms with Crippen molar-refractivity contribution in [3.63, 3.8) is 0 Å². The van der Waals surface area contributed by atoms with Gasteiger partial charge in [-0.2, -0.15) is 10.1 Å². The summed E-state index contributed by atoms with van der Waals surface area (Å²) >= 11 is 4.68. The molecule has 0 amide bonds. The van der Waals surface area contributed by atoms with E-state index in [4.69, 9.17) is 0 Å². The maximum Gasteiger partial charge on any atom is 0.243 e. The van der Waals surface area contributed by atoms with Gasteiger partial charge < -0.3 is 27.7 Å². The van der Waals surface area contributed by atoms with Crippen LogP contribution in [0, 0.1) is 0 Å².